The van der Waals surface area contributed by atoms with Gasteiger partial charge in [0.1, 0.15) is 23.6 Å². The van der Waals surface area contributed by atoms with Crippen molar-refractivity contribution in [2.45, 2.75) is 44.4 Å². The normalized spacial score (nSPS) is 14.8. The second-order valence-corrected chi connectivity index (χ2v) is 15.8. The molecule has 3 N–H and O–H groups in total. The number of nitrogens with one attached hydrogen (secondary N) is 2. The fourth-order valence-electron chi connectivity index (χ4n) is 8.05. The maximum Gasteiger partial charge on any atom is 0.494 e. The molecule has 6 aromatic carbocycles. The molecule has 0 bridgehead atoms. The highest BCUT2D eigenvalue weighted by molar-refractivity contribution is 6.62. The molecule has 11 heteroatoms. The van der Waals surface area contributed by atoms with E-state index >= 15 is 0 Å². The highest BCUT2D eigenvalue weighted by Gasteiger charge is 2.52. The van der Waals surface area contributed by atoms with Gasteiger partial charge in [0.25, 0.3) is 0 Å². The lowest BCUT2D eigenvalue weighted by molar-refractivity contribution is 0.00578. The molecule has 8 aromatic rings. The van der Waals surface area contributed by atoms with Crippen LogP contribution in [0.5, 0.6) is 5.75 Å². The van der Waals surface area contributed by atoms with E-state index in [4.69, 9.17) is 29.2 Å². The van der Waals surface area contributed by atoms with Crippen LogP contribution in [0.3, 0.4) is 0 Å². The van der Waals surface area contributed by atoms with Crippen molar-refractivity contribution < 1.29 is 23.9 Å². The first-order chi connectivity index (χ1) is 28.5. The summed E-state index contributed by atoms with van der Waals surface area (Å²) in [6.07, 6.45) is -1.09. The van der Waals surface area contributed by atoms with Crippen LogP contribution in [0.4, 0.5) is 4.79 Å². The van der Waals surface area contributed by atoms with Gasteiger partial charge in [0.05, 0.1) is 34.3 Å². The maximum absolute atomic E-state index is 10.9. The number of hydrogen-bond acceptors (Lipinski definition) is 6. The number of rotatable bonds is 11. The number of carboxylic acid groups (broad SMARTS) is 1. The number of imidazole rings is 1. The molecule has 1 saturated heterocycles. The Bertz CT molecular complexity index is 2670. The Balaban J connectivity index is 1.26. The van der Waals surface area contributed by atoms with Crippen molar-refractivity contribution in [2.75, 3.05) is 13.2 Å². The number of H-pyrrole nitrogens is 1. The SMILES string of the molecule is CC1(C)OB(c2ccc3c(c2)c(-c2nc4c(-c5cccc(OCCNC(=O)O)c5)cccc4[nH]2)nn3C(c2ccccc2)(c2ccccc2)c2ccccc2)OC1(C)C. The largest absolute Gasteiger partial charge is 0.494 e. The van der Waals surface area contributed by atoms with Crippen molar-refractivity contribution in [1.29, 1.82) is 0 Å². The van der Waals surface area contributed by atoms with E-state index in [-0.39, 0.29) is 13.2 Å². The number of amides is 1. The van der Waals surface area contributed by atoms with Crippen LogP contribution >= 0.6 is 0 Å². The monoisotopic (exact) mass is 781 g/mol. The second kappa shape index (κ2) is 14.9. The van der Waals surface area contributed by atoms with Gasteiger partial charge < -0.3 is 29.5 Å². The lowest BCUT2D eigenvalue weighted by Crippen LogP contribution is -2.41. The highest BCUT2D eigenvalue weighted by Crippen LogP contribution is 2.44. The van der Waals surface area contributed by atoms with E-state index in [2.05, 4.69) is 134 Å². The molecule has 10 nitrogen and oxygen atoms in total. The summed E-state index contributed by atoms with van der Waals surface area (Å²) >= 11 is 0. The third-order valence-electron chi connectivity index (χ3n) is 11.7. The molecule has 59 heavy (non-hydrogen) atoms. The van der Waals surface area contributed by atoms with Crippen molar-refractivity contribution in [2.24, 2.45) is 0 Å². The summed E-state index contributed by atoms with van der Waals surface area (Å²) in [6, 6.07) is 51.7. The van der Waals surface area contributed by atoms with Gasteiger partial charge in [0, 0.05) is 10.9 Å². The molecule has 3 heterocycles. The van der Waals surface area contributed by atoms with Gasteiger partial charge in [-0.15, -0.1) is 0 Å². The summed E-state index contributed by atoms with van der Waals surface area (Å²) in [5, 5.41) is 17.8. The lowest BCUT2D eigenvalue weighted by Gasteiger charge is -2.37. The third kappa shape index (κ3) is 6.72. The molecule has 294 valence electrons. The van der Waals surface area contributed by atoms with Gasteiger partial charge in [-0.2, -0.15) is 5.10 Å². The first-order valence-corrected chi connectivity index (χ1v) is 19.8. The van der Waals surface area contributed by atoms with Crippen LogP contribution in [0.15, 0.2) is 152 Å². The predicted molar refractivity (Wildman–Crippen MR) is 232 cm³/mol. The van der Waals surface area contributed by atoms with Crippen LogP contribution in [-0.2, 0) is 14.8 Å². The molecule has 0 atom stereocenters. The fourth-order valence-corrected chi connectivity index (χ4v) is 8.05. The quantitative estimate of drug-likeness (QED) is 0.0680. The Kier molecular flexibility index (Phi) is 9.58. The average molecular weight is 782 g/mol. The van der Waals surface area contributed by atoms with Crippen LogP contribution in [0.1, 0.15) is 44.4 Å². The Labute approximate surface area is 342 Å². The van der Waals surface area contributed by atoms with E-state index in [1.54, 1.807) is 0 Å². The first-order valence-electron chi connectivity index (χ1n) is 19.8. The molecule has 2 aromatic heterocycles. The third-order valence-corrected chi connectivity index (χ3v) is 11.7. The number of nitrogens with zero attached hydrogens (tertiary/aromatic N) is 3. The molecule has 1 amide bonds. The Morgan fingerprint density at radius 1 is 0.780 bits per heavy atom. The Morgan fingerprint density at radius 2 is 1.39 bits per heavy atom. The average Bonchev–Trinajstić information content (AvgIpc) is 3.92. The summed E-state index contributed by atoms with van der Waals surface area (Å²) in [5.41, 5.74) is 7.14. The number of aromatic amines is 1. The summed E-state index contributed by atoms with van der Waals surface area (Å²) in [6.45, 7) is 8.63. The minimum Gasteiger partial charge on any atom is -0.492 e. The van der Waals surface area contributed by atoms with Gasteiger partial charge >= 0.3 is 13.2 Å². The van der Waals surface area contributed by atoms with Crippen molar-refractivity contribution in [3.63, 3.8) is 0 Å². The highest BCUT2D eigenvalue weighted by atomic mass is 16.7. The van der Waals surface area contributed by atoms with Gasteiger partial charge in [0.2, 0.25) is 0 Å². The van der Waals surface area contributed by atoms with Crippen molar-refractivity contribution in [1.82, 2.24) is 25.1 Å². The van der Waals surface area contributed by atoms with Gasteiger partial charge in [-0.05, 0) is 79.7 Å². The summed E-state index contributed by atoms with van der Waals surface area (Å²) < 4.78 is 21.2. The number of fused-ring (bicyclic) bond motifs is 2. The van der Waals surface area contributed by atoms with Crippen LogP contribution in [0.25, 0.3) is 44.6 Å². The fraction of sp³-hybridized carbons (Fsp3) is 0.188. The molecule has 0 saturated carbocycles. The molecule has 0 unspecified atom stereocenters. The van der Waals surface area contributed by atoms with Crippen LogP contribution < -0.4 is 15.5 Å². The molecule has 9 rings (SSSR count). The Morgan fingerprint density at radius 3 is 2.00 bits per heavy atom. The molecule has 0 spiro atoms. The zero-order chi connectivity index (χ0) is 40.8. The minimum atomic E-state index is -1.09. The van der Waals surface area contributed by atoms with Crippen LogP contribution in [0, 0.1) is 0 Å². The molecule has 0 radical (unpaired) electrons. The number of carbonyl (C=O) groups is 1. The Hall–Kier alpha value is -6.69. The first kappa shape index (κ1) is 37.9. The minimum absolute atomic E-state index is 0.175. The number of benzene rings is 6. The van der Waals surface area contributed by atoms with E-state index in [9.17, 15) is 4.79 Å². The number of ether oxygens (including phenoxy) is 1. The van der Waals surface area contributed by atoms with Crippen molar-refractivity contribution in [3.05, 3.63) is 168 Å². The van der Waals surface area contributed by atoms with E-state index in [0.29, 0.717) is 17.3 Å². The van der Waals surface area contributed by atoms with Crippen molar-refractivity contribution in [3.8, 4) is 28.4 Å². The molecule has 1 aliphatic heterocycles. The molecule has 1 aliphatic rings. The van der Waals surface area contributed by atoms with Gasteiger partial charge in [0.15, 0.2) is 5.82 Å². The van der Waals surface area contributed by atoms with E-state index in [0.717, 1.165) is 55.2 Å². The summed E-state index contributed by atoms with van der Waals surface area (Å²) in [5.74, 6) is 1.24. The topological polar surface area (TPSA) is 124 Å². The smallest absolute Gasteiger partial charge is 0.492 e. The lowest BCUT2D eigenvalue weighted by atomic mass is 9.76. The van der Waals surface area contributed by atoms with Crippen LogP contribution in [-0.4, -0.2) is 62.4 Å². The second-order valence-electron chi connectivity index (χ2n) is 15.8. The maximum atomic E-state index is 10.9. The van der Waals surface area contributed by atoms with Gasteiger partial charge in [-0.3, -0.25) is 0 Å². The van der Waals surface area contributed by atoms with Gasteiger partial charge in [-0.1, -0.05) is 127 Å². The van der Waals surface area contributed by atoms with Gasteiger partial charge in [-0.25, -0.2) is 14.5 Å². The number of aromatic nitrogens is 4. The molecule has 1 fully saturated rings. The number of para-hydroxylation sites is 1. The zero-order valence-electron chi connectivity index (χ0n) is 33.3. The molecular weight excluding hydrogens is 737 g/mol. The standard InChI is InChI=1S/C48H44BN5O5/c1-46(2)47(3,4)59-49(58-46)36-26-27-41-39(31-36)43(44-51-40-25-15-24-38(42(40)52-44)32-16-14-23-37(30-32)57-29-28-50-45(55)56)53-54(41)48(33-17-8-5-9-18-33,34-19-10-6-11-20-34)35-21-12-7-13-22-35/h5-27,30-31,50H,28-29H2,1-4H3,(H,51,52)(H,55,56). The summed E-state index contributed by atoms with van der Waals surface area (Å²) in [7, 11) is -0.584. The van der Waals surface area contributed by atoms with E-state index in [1.165, 1.54) is 0 Å². The van der Waals surface area contributed by atoms with E-state index in [1.807, 2.05) is 60.7 Å². The van der Waals surface area contributed by atoms with E-state index < -0.39 is 30.0 Å². The van der Waals surface area contributed by atoms with Crippen molar-refractivity contribution >= 4 is 40.6 Å². The molecule has 0 aliphatic carbocycles. The molecular formula is C48H44BN5O5. The zero-order valence-corrected chi connectivity index (χ0v) is 33.3. The van der Waals surface area contributed by atoms with Crippen LogP contribution in [0.2, 0.25) is 0 Å². The predicted octanol–water partition coefficient (Wildman–Crippen LogP) is 9.03. The number of hydrogen-bond donors (Lipinski definition) is 3. The summed E-state index contributed by atoms with van der Waals surface area (Å²) in [4.78, 5) is 19.9.